The summed E-state index contributed by atoms with van der Waals surface area (Å²) < 4.78 is 27.8. The molecule has 2 N–H and O–H groups in total. The fourth-order valence-corrected chi connectivity index (χ4v) is 3.29. The van der Waals surface area contributed by atoms with E-state index < -0.39 is 23.0 Å². The smallest absolute Gasteiger partial charge is 0.336 e. The van der Waals surface area contributed by atoms with Gasteiger partial charge in [0.25, 0.3) is 0 Å². The van der Waals surface area contributed by atoms with E-state index in [-0.39, 0.29) is 22.3 Å². The van der Waals surface area contributed by atoms with Gasteiger partial charge < -0.3 is 10.1 Å². The van der Waals surface area contributed by atoms with Crippen molar-refractivity contribution in [1.82, 2.24) is 4.98 Å². The predicted octanol–water partition coefficient (Wildman–Crippen LogP) is 5.59. The topological polar surface area (TPSA) is 70.2 Å². The molecule has 2 aromatic carbocycles. The third kappa shape index (κ3) is 4.86. The van der Waals surface area contributed by atoms with Crippen molar-refractivity contribution in [1.29, 1.82) is 0 Å². The summed E-state index contributed by atoms with van der Waals surface area (Å²) in [4.78, 5) is 27.6. The van der Waals surface area contributed by atoms with Crippen molar-refractivity contribution in [2.75, 3.05) is 0 Å². The maximum atomic E-state index is 14.1. The number of aromatic nitrogens is 1. The number of hydrogen-bond donors (Lipinski definition) is 2. The zero-order valence-corrected chi connectivity index (χ0v) is 17.1. The highest BCUT2D eigenvalue weighted by molar-refractivity contribution is 6.18. The zero-order valence-electron chi connectivity index (χ0n) is 17.1. The summed E-state index contributed by atoms with van der Waals surface area (Å²) in [5.41, 5.74) is 1.52. The lowest BCUT2D eigenvalue weighted by Gasteiger charge is -2.10. The molecule has 0 spiro atoms. The number of aromatic amines is 1. The van der Waals surface area contributed by atoms with Crippen molar-refractivity contribution in [3.05, 3.63) is 106 Å². The van der Waals surface area contributed by atoms with Crippen molar-refractivity contribution < 1.29 is 18.7 Å². The number of allylic oxidation sites excluding steroid dienone is 3. The highest BCUT2D eigenvalue weighted by Gasteiger charge is 2.16. The summed E-state index contributed by atoms with van der Waals surface area (Å²) in [5.74, 6) is -2.28. The molecular weight excluding hydrogens is 400 g/mol. The van der Waals surface area contributed by atoms with Gasteiger partial charge in [0.1, 0.15) is 11.6 Å². The van der Waals surface area contributed by atoms with E-state index in [1.54, 1.807) is 19.1 Å². The lowest BCUT2D eigenvalue weighted by molar-refractivity contribution is -0.130. The van der Waals surface area contributed by atoms with Crippen LogP contribution in [0.25, 0.3) is 22.3 Å². The molecule has 0 saturated carbocycles. The lowest BCUT2D eigenvalue weighted by atomic mass is 9.96. The summed E-state index contributed by atoms with van der Waals surface area (Å²) in [6, 6.07) is 11.2. The second kappa shape index (κ2) is 9.34. The molecule has 0 amide bonds. The number of rotatable bonds is 6. The van der Waals surface area contributed by atoms with Gasteiger partial charge in [0.15, 0.2) is 5.43 Å². The normalized spacial score (nSPS) is 12.1. The second-order valence-electron chi connectivity index (χ2n) is 6.99. The second-order valence-corrected chi connectivity index (χ2v) is 6.99. The number of benzene rings is 2. The van der Waals surface area contributed by atoms with Crippen LogP contribution in [0.3, 0.4) is 0 Å². The number of carboxylic acids is 1. The highest BCUT2D eigenvalue weighted by atomic mass is 19.1. The molecule has 0 saturated heterocycles. The first-order valence-electron chi connectivity index (χ1n) is 9.71. The third-order valence-corrected chi connectivity index (χ3v) is 4.83. The van der Waals surface area contributed by atoms with Gasteiger partial charge in [-0.3, -0.25) is 4.79 Å². The summed E-state index contributed by atoms with van der Waals surface area (Å²) in [6.45, 7) is 3.56. The molecule has 0 bridgehead atoms. The standard InChI is InChI=1S/C25H21F2NO3/c1-3-6-16(11-20(25(30)31)19-12-17(26)10-9-15(19)2)23-13-24(29)21(14-28-23)18-7-4-5-8-22(18)27/h4-14H,3H2,1-2H3,(H,28,29)(H,30,31)/b16-6-,20-11+. The Balaban J connectivity index is 2.12. The van der Waals surface area contributed by atoms with Gasteiger partial charge in [0.2, 0.25) is 0 Å². The molecule has 0 unspecified atom stereocenters. The van der Waals surface area contributed by atoms with Gasteiger partial charge in [-0.15, -0.1) is 0 Å². The fraction of sp³-hybridized carbons (Fsp3) is 0.120. The average Bonchev–Trinajstić information content (AvgIpc) is 2.73. The maximum Gasteiger partial charge on any atom is 0.336 e. The molecule has 6 heteroatoms. The Morgan fingerprint density at radius 3 is 2.48 bits per heavy atom. The van der Waals surface area contributed by atoms with E-state index in [9.17, 15) is 23.5 Å². The number of pyridine rings is 1. The Morgan fingerprint density at radius 2 is 1.84 bits per heavy atom. The fourth-order valence-electron chi connectivity index (χ4n) is 3.29. The van der Waals surface area contributed by atoms with Gasteiger partial charge in [-0.25, -0.2) is 13.6 Å². The van der Waals surface area contributed by atoms with Crippen LogP contribution in [0.15, 0.2) is 71.7 Å². The molecule has 0 atom stereocenters. The van der Waals surface area contributed by atoms with Crippen LogP contribution in [0.1, 0.15) is 30.2 Å². The third-order valence-electron chi connectivity index (χ3n) is 4.83. The summed E-state index contributed by atoms with van der Waals surface area (Å²) in [6.07, 6.45) is 5.13. The number of hydrogen-bond acceptors (Lipinski definition) is 2. The van der Waals surface area contributed by atoms with Crippen LogP contribution in [-0.4, -0.2) is 16.1 Å². The molecule has 1 aromatic heterocycles. The number of carbonyl (C=O) groups is 1. The monoisotopic (exact) mass is 421 g/mol. The Kier molecular flexibility index (Phi) is 6.60. The molecule has 0 aliphatic carbocycles. The van der Waals surface area contributed by atoms with Gasteiger partial charge in [-0.2, -0.15) is 0 Å². The van der Waals surface area contributed by atoms with Gasteiger partial charge in [0, 0.05) is 29.1 Å². The van der Waals surface area contributed by atoms with Crippen molar-refractivity contribution >= 4 is 17.1 Å². The Labute approximate surface area is 178 Å². The minimum Gasteiger partial charge on any atom is -0.478 e. The molecule has 31 heavy (non-hydrogen) atoms. The van der Waals surface area contributed by atoms with E-state index in [4.69, 9.17) is 0 Å². The average molecular weight is 421 g/mol. The molecule has 0 fully saturated rings. The van der Waals surface area contributed by atoms with Gasteiger partial charge in [-0.05, 0) is 54.3 Å². The van der Waals surface area contributed by atoms with E-state index in [0.29, 0.717) is 23.3 Å². The van der Waals surface area contributed by atoms with Gasteiger partial charge >= 0.3 is 5.97 Å². The summed E-state index contributed by atoms with van der Waals surface area (Å²) >= 11 is 0. The van der Waals surface area contributed by atoms with Gasteiger partial charge in [-0.1, -0.05) is 37.3 Å². The van der Waals surface area contributed by atoms with Crippen LogP contribution in [0.4, 0.5) is 8.78 Å². The van der Waals surface area contributed by atoms with Crippen LogP contribution in [0.2, 0.25) is 0 Å². The van der Waals surface area contributed by atoms with E-state index in [1.165, 1.54) is 54.7 Å². The van der Waals surface area contributed by atoms with Crippen LogP contribution in [0, 0.1) is 18.6 Å². The minimum absolute atomic E-state index is 0.101. The van der Waals surface area contributed by atoms with Crippen LogP contribution in [0.5, 0.6) is 0 Å². The van der Waals surface area contributed by atoms with Crippen LogP contribution in [-0.2, 0) is 4.79 Å². The number of carboxylic acid groups (broad SMARTS) is 1. The van der Waals surface area contributed by atoms with Gasteiger partial charge in [0.05, 0.1) is 5.57 Å². The first-order chi connectivity index (χ1) is 14.8. The number of aliphatic carboxylic acids is 1. The van der Waals surface area contributed by atoms with E-state index in [2.05, 4.69) is 4.98 Å². The highest BCUT2D eigenvalue weighted by Crippen LogP contribution is 2.26. The van der Waals surface area contributed by atoms with Crippen LogP contribution < -0.4 is 5.43 Å². The summed E-state index contributed by atoms with van der Waals surface area (Å²) in [5, 5.41) is 9.75. The molecule has 158 valence electrons. The summed E-state index contributed by atoms with van der Waals surface area (Å²) in [7, 11) is 0. The number of aryl methyl sites for hydroxylation is 1. The SMILES string of the molecule is CC/C=C(/C=C(/C(=O)O)c1cc(F)ccc1C)c1cc(=O)c(-c2ccccc2F)c[nH]1. The lowest BCUT2D eigenvalue weighted by Crippen LogP contribution is -2.08. The maximum absolute atomic E-state index is 14.1. The molecular formula is C25H21F2NO3. The van der Waals surface area contributed by atoms with Crippen molar-refractivity contribution in [2.24, 2.45) is 0 Å². The van der Waals surface area contributed by atoms with E-state index in [0.717, 1.165) is 0 Å². The number of halogens is 2. The Bertz CT molecular complexity index is 1260. The van der Waals surface area contributed by atoms with E-state index >= 15 is 0 Å². The van der Waals surface area contributed by atoms with E-state index in [1.807, 2.05) is 6.92 Å². The van der Waals surface area contributed by atoms with Crippen molar-refractivity contribution in [3.8, 4) is 11.1 Å². The number of H-pyrrole nitrogens is 1. The van der Waals surface area contributed by atoms with Crippen molar-refractivity contribution in [3.63, 3.8) is 0 Å². The molecule has 0 aliphatic rings. The van der Waals surface area contributed by atoms with Crippen LogP contribution >= 0.6 is 0 Å². The molecule has 4 nitrogen and oxygen atoms in total. The molecule has 3 rings (SSSR count). The Morgan fingerprint density at radius 1 is 1.10 bits per heavy atom. The zero-order chi connectivity index (χ0) is 22.5. The largest absolute Gasteiger partial charge is 0.478 e. The molecule has 0 radical (unpaired) electrons. The quantitative estimate of drug-likeness (QED) is 0.403. The molecule has 0 aliphatic heterocycles. The Hall–Kier alpha value is -3.80. The van der Waals surface area contributed by atoms with Crippen molar-refractivity contribution in [2.45, 2.75) is 20.3 Å². The first-order valence-corrected chi connectivity index (χ1v) is 9.71. The molecule has 1 heterocycles. The minimum atomic E-state index is -1.22. The number of nitrogens with one attached hydrogen (secondary N) is 1. The molecule has 3 aromatic rings. The predicted molar refractivity (Wildman–Crippen MR) is 117 cm³/mol. The first kappa shape index (κ1) is 21.9.